The molecule has 0 aliphatic heterocycles. The molecule has 0 aromatic rings. The van der Waals surface area contributed by atoms with E-state index < -0.39 is 8.77 Å². The highest BCUT2D eigenvalue weighted by Gasteiger charge is 2.00. The zero-order valence-electron chi connectivity index (χ0n) is 3.74. The number of halogens is 1. The third-order valence-electron chi connectivity index (χ3n) is 0.580. The summed E-state index contributed by atoms with van der Waals surface area (Å²) in [4.78, 5) is 0. The van der Waals surface area contributed by atoms with E-state index in [2.05, 4.69) is 0 Å². The summed E-state index contributed by atoms with van der Waals surface area (Å²) in [5.41, 5.74) is 5.11. The molecule has 34 valence electrons. The lowest BCUT2D eigenvalue weighted by molar-refractivity contribution is 0.932. The highest BCUT2D eigenvalue weighted by molar-refractivity contribution is 7.72. The van der Waals surface area contributed by atoms with Crippen LogP contribution in [-0.4, -0.2) is 14.4 Å². The molecule has 1 unspecified atom stereocenters. The van der Waals surface area contributed by atoms with E-state index in [0.717, 1.165) is 6.22 Å². The molecule has 0 aromatic heterocycles. The lowest BCUT2D eigenvalue weighted by Crippen LogP contribution is -2.17. The van der Waals surface area contributed by atoms with Crippen molar-refractivity contribution in [2.24, 2.45) is 5.64 Å². The van der Waals surface area contributed by atoms with Gasteiger partial charge in [-0.3, -0.25) is 0 Å². The van der Waals surface area contributed by atoms with Crippen molar-refractivity contribution >= 4 is 23.2 Å². The van der Waals surface area contributed by atoms with Gasteiger partial charge in [0.2, 0.25) is 0 Å². The van der Waals surface area contributed by atoms with Crippen LogP contribution >= 0.6 is 8.77 Å². The fourth-order valence-electron chi connectivity index (χ4n) is 0.0772. The van der Waals surface area contributed by atoms with Crippen LogP contribution in [0.4, 0.5) is 4.20 Å². The van der Waals surface area contributed by atoms with Crippen molar-refractivity contribution in [2.45, 2.75) is 6.22 Å². The third-order valence-corrected chi connectivity index (χ3v) is 1.27. The summed E-state index contributed by atoms with van der Waals surface area (Å²) in [6, 6.07) is 0. The zero-order chi connectivity index (χ0) is 4.99. The minimum Gasteiger partial charge on any atom is -0.364 e. The average Bonchev–Trinajstić information content (AvgIpc) is 1.65. The second-order valence-electron chi connectivity index (χ2n) is 1.12. The lowest BCUT2D eigenvalue weighted by Gasteiger charge is -1.89. The molecule has 0 radical (unpaired) electrons. The van der Waals surface area contributed by atoms with Gasteiger partial charge >= 0.3 is 0 Å². The maximum atomic E-state index is 11.3. The van der Waals surface area contributed by atoms with E-state index in [9.17, 15) is 4.20 Å². The molecule has 0 aliphatic rings. The van der Waals surface area contributed by atoms with Gasteiger partial charge in [-0.2, -0.15) is 0 Å². The maximum absolute atomic E-state index is 11.3. The molecular weight excluding hydrogens is 97.6 g/mol. The van der Waals surface area contributed by atoms with Crippen molar-refractivity contribution in [2.75, 3.05) is 0 Å². The van der Waals surface area contributed by atoms with E-state index in [4.69, 9.17) is 5.64 Å². The Morgan fingerprint density at radius 2 is 2.50 bits per heavy atom. The molecule has 0 fully saturated rings. The molecule has 0 aliphatic carbocycles. The first kappa shape index (κ1) is 6.45. The Labute approximate surface area is 40.2 Å². The van der Waals surface area contributed by atoms with Crippen molar-refractivity contribution in [1.82, 2.24) is 0 Å². The van der Waals surface area contributed by atoms with E-state index in [1.807, 2.05) is 7.85 Å². The molecule has 0 saturated heterocycles. The summed E-state index contributed by atoms with van der Waals surface area (Å²) < 4.78 is 11.3. The molecule has 0 amide bonds. The monoisotopic (exact) mass is 105 g/mol. The van der Waals surface area contributed by atoms with Crippen molar-refractivity contribution in [3.63, 3.8) is 0 Å². The number of rotatable bonds is 2. The molecule has 1 nitrogen and oxygen atoms in total. The largest absolute Gasteiger partial charge is 0.364 e. The van der Waals surface area contributed by atoms with E-state index in [1.165, 1.54) is 0 Å². The lowest BCUT2D eigenvalue weighted by atomic mass is 9.76. The van der Waals surface area contributed by atoms with Gasteiger partial charge in [0.1, 0.15) is 0 Å². The highest BCUT2D eigenvalue weighted by Crippen LogP contribution is 2.12. The Bertz CT molecular complexity index is 32.7. The van der Waals surface area contributed by atoms with E-state index >= 15 is 0 Å². The van der Waals surface area contributed by atoms with Crippen LogP contribution in [0.2, 0.25) is 6.22 Å². The fourth-order valence-corrected chi connectivity index (χ4v) is 0.231. The van der Waals surface area contributed by atoms with Gasteiger partial charge in [-0.25, -0.2) is 4.20 Å². The summed E-state index contributed by atoms with van der Waals surface area (Å²) in [7, 11) is 1.28. The molecule has 0 saturated carbocycles. The first-order valence-electron chi connectivity index (χ1n) is 1.93. The zero-order valence-corrected chi connectivity index (χ0v) is 4.74. The van der Waals surface area contributed by atoms with Gasteiger partial charge in [-0.15, -0.1) is 0 Å². The number of hydrogen-bond donors (Lipinski definition) is 1. The molecular formula is CH7B2FNP. The summed E-state index contributed by atoms with van der Waals surface area (Å²) in [6.07, 6.45) is 0.745. The Hall–Kier alpha value is 0.450. The van der Waals surface area contributed by atoms with Crippen LogP contribution in [0.15, 0.2) is 0 Å². The van der Waals surface area contributed by atoms with Crippen LogP contribution < -0.4 is 5.64 Å². The summed E-state index contributed by atoms with van der Waals surface area (Å²) in [5, 5.41) is 0. The molecule has 1 atom stereocenters. The van der Waals surface area contributed by atoms with Crippen LogP contribution in [0.25, 0.3) is 0 Å². The normalized spacial score (nSPS) is 10.3. The van der Waals surface area contributed by atoms with Gasteiger partial charge in [-0.05, 0) is 0 Å². The molecule has 5 heteroatoms. The van der Waals surface area contributed by atoms with Gasteiger partial charge in [0, 0.05) is 8.77 Å². The molecule has 0 rings (SSSR count). The Morgan fingerprint density at radius 1 is 2.00 bits per heavy atom. The van der Waals surface area contributed by atoms with Crippen molar-refractivity contribution in [3.8, 4) is 0 Å². The quantitative estimate of drug-likeness (QED) is 0.374. The highest BCUT2D eigenvalue weighted by atomic mass is 31.1. The van der Waals surface area contributed by atoms with Crippen molar-refractivity contribution in [1.29, 1.82) is 0 Å². The predicted molar refractivity (Wildman–Crippen MR) is 32.7 cm³/mol. The van der Waals surface area contributed by atoms with Gasteiger partial charge in [0.15, 0.2) is 0 Å². The van der Waals surface area contributed by atoms with Crippen molar-refractivity contribution < 1.29 is 4.20 Å². The molecule has 0 spiro atoms. The van der Waals surface area contributed by atoms with E-state index in [0.29, 0.717) is 0 Å². The molecule has 0 heterocycles. The van der Waals surface area contributed by atoms with Gasteiger partial charge in [-0.1, -0.05) is 6.22 Å². The number of nitrogens with two attached hydrogens (primary N) is 1. The summed E-state index contributed by atoms with van der Waals surface area (Å²) in [6.45, 7) is -0.204. The van der Waals surface area contributed by atoms with E-state index in [-0.39, 0.29) is 6.57 Å². The Morgan fingerprint density at radius 3 is 2.50 bits per heavy atom. The van der Waals surface area contributed by atoms with E-state index in [1.54, 1.807) is 0 Å². The average molecular weight is 105 g/mol. The van der Waals surface area contributed by atoms with Crippen LogP contribution in [0, 0.1) is 0 Å². The molecule has 2 N–H and O–H groups in total. The standard InChI is InChI=1S/CH7B2FNP/c2-1-3(5)6-4/h6H,1-2,5H2. The molecule has 0 bridgehead atoms. The van der Waals surface area contributed by atoms with Crippen LogP contribution in [0.5, 0.6) is 0 Å². The Balaban J connectivity index is 2.75. The third kappa shape index (κ3) is 2.67. The van der Waals surface area contributed by atoms with Crippen LogP contribution in [-0.2, 0) is 0 Å². The minimum absolute atomic E-state index is 0.204. The van der Waals surface area contributed by atoms with Crippen molar-refractivity contribution in [3.05, 3.63) is 0 Å². The fraction of sp³-hybridized carbons (Fsp3) is 1.00. The predicted octanol–water partition coefficient (Wildman–Crippen LogP) is -0.413. The summed E-state index contributed by atoms with van der Waals surface area (Å²) in [5.74, 6) is 0. The van der Waals surface area contributed by atoms with Gasteiger partial charge < -0.3 is 5.64 Å². The molecule has 0 aromatic carbocycles. The number of hydrogen-bond acceptors (Lipinski definition) is 1. The van der Waals surface area contributed by atoms with Crippen LogP contribution in [0.1, 0.15) is 0 Å². The minimum atomic E-state index is -0.591. The molecule has 6 heavy (non-hydrogen) atoms. The SMILES string of the molecule is BCB(N)PF. The second-order valence-corrected chi connectivity index (χ2v) is 2.08. The topological polar surface area (TPSA) is 26.0 Å². The smallest absolute Gasteiger partial charge is 0.274 e. The second kappa shape index (κ2) is 3.63. The Kier molecular flexibility index (Phi) is 3.91. The first-order valence-corrected chi connectivity index (χ1v) is 2.88. The van der Waals surface area contributed by atoms with Gasteiger partial charge in [0.05, 0.1) is 7.85 Å². The maximum Gasteiger partial charge on any atom is 0.274 e. The van der Waals surface area contributed by atoms with Crippen LogP contribution in [0.3, 0.4) is 0 Å². The first-order chi connectivity index (χ1) is 2.81. The van der Waals surface area contributed by atoms with Gasteiger partial charge in [0.25, 0.3) is 6.57 Å². The summed E-state index contributed by atoms with van der Waals surface area (Å²) >= 11 is 0.